The topological polar surface area (TPSA) is 164 Å². The van der Waals surface area contributed by atoms with Crippen LogP contribution < -0.4 is 15.8 Å². The normalized spacial score (nSPS) is 12.1. The molecule has 3 rings (SSSR count). The van der Waals surface area contributed by atoms with Crippen LogP contribution in [0.15, 0.2) is 65.7 Å². The summed E-state index contributed by atoms with van der Waals surface area (Å²) >= 11 is 2.03. The monoisotopic (exact) mass is 595 g/mol. The van der Waals surface area contributed by atoms with Crippen LogP contribution in [0.5, 0.6) is 0 Å². The minimum absolute atomic E-state index is 0.0641. The van der Waals surface area contributed by atoms with E-state index in [4.69, 9.17) is 5.73 Å². The molecular formula is C22H22IN5O5S. The third-order valence-electron chi connectivity index (χ3n) is 4.80. The highest BCUT2D eigenvalue weighted by Gasteiger charge is 2.26. The van der Waals surface area contributed by atoms with Crippen LogP contribution in [0, 0.1) is 3.57 Å². The molecule has 0 saturated carbocycles. The fraction of sp³-hybridized carbons (Fsp3) is 0.182. The number of nitrogens with two attached hydrogens (primary N) is 1. The van der Waals surface area contributed by atoms with Gasteiger partial charge in [-0.05, 0) is 83.5 Å². The van der Waals surface area contributed by atoms with E-state index in [0.717, 1.165) is 14.8 Å². The molecule has 34 heavy (non-hydrogen) atoms. The lowest BCUT2D eigenvalue weighted by atomic mass is 10.1. The Morgan fingerprint density at radius 1 is 1.03 bits per heavy atom. The van der Waals surface area contributed by atoms with E-state index in [9.17, 15) is 23.1 Å². The highest BCUT2D eigenvalue weighted by atomic mass is 127. The highest BCUT2D eigenvalue weighted by Crippen LogP contribution is 2.13. The number of nitrogens with one attached hydrogen (secondary N) is 2. The van der Waals surface area contributed by atoms with Gasteiger partial charge in [-0.1, -0.05) is 12.1 Å². The maximum atomic E-state index is 12.5. The van der Waals surface area contributed by atoms with Crippen LogP contribution in [0.4, 0.5) is 5.95 Å². The van der Waals surface area contributed by atoms with Gasteiger partial charge >= 0.3 is 5.97 Å². The molecule has 178 valence electrons. The van der Waals surface area contributed by atoms with Crippen LogP contribution >= 0.6 is 22.6 Å². The van der Waals surface area contributed by atoms with E-state index in [-0.39, 0.29) is 10.8 Å². The molecule has 5 N–H and O–H groups in total. The maximum Gasteiger partial charge on any atom is 0.323 e. The first-order valence-electron chi connectivity index (χ1n) is 10.1. The zero-order valence-electron chi connectivity index (χ0n) is 17.8. The van der Waals surface area contributed by atoms with Crippen LogP contribution in [0.3, 0.4) is 0 Å². The summed E-state index contributed by atoms with van der Waals surface area (Å²) in [5.74, 6) is -1.71. The van der Waals surface area contributed by atoms with Crippen LogP contribution in [-0.2, 0) is 27.7 Å². The van der Waals surface area contributed by atoms with Crippen LogP contribution in [0.25, 0.3) is 0 Å². The van der Waals surface area contributed by atoms with Crippen molar-refractivity contribution >= 4 is 50.4 Å². The number of carbonyl (C=O) groups excluding carboxylic acids is 1. The molecule has 0 unspecified atom stereocenters. The molecular weight excluding hydrogens is 573 g/mol. The van der Waals surface area contributed by atoms with E-state index in [1.165, 1.54) is 12.1 Å². The number of nitrogen functional groups attached to an aromatic ring is 1. The van der Waals surface area contributed by atoms with Crippen molar-refractivity contribution in [2.24, 2.45) is 0 Å². The quantitative estimate of drug-likeness (QED) is 0.257. The van der Waals surface area contributed by atoms with Gasteiger partial charge in [-0.25, -0.2) is 18.4 Å². The third kappa shape index (κ3) is 7.20. The first kappa shape index (κ1) is 25.5. The number of hydrogen-bond donors (Lipinski definition) is 4. The number of carboxylic acid groups (broad SMARTS) is 1. The number of anilines is 1. The average molecular weight is 595 g/mol. The Morgan fingerprint density at radius 3 is 2.32 bits per heavy atom. The number of rotatable bonds is 10. The Labute approximate surface area is 210 Å². The molecule has 12 heteroatoms. The van der Waals surface area contributed by atoms with Gasteiger partial charge in [0, 0.05) is 27.6 Å². The molecule has 1 atom stereocenters. The van der Waals surface area contributed by atoms with Gasteiger partial charge in [-0.3, -0.25) is 9.59 Å². The van der Waals surface area contributed by atoms with Crippen LogP contribution in [0.1, 0.15) is 21.6 Å². The van der Waals surface area contributed by atoms with Crippen molar-refractivity contribution in [1.82, 2.24) is 20.0 Å². The van der Waals surface area contributed by atoms with E-state index in [1.54, 1.807) is 48.7 Å². The second-order valence-corrected chi connectivity index (χ2v) is 10.2. The van der Waals surface area contributed by atoms with E-state index in [1.807, 2.05) is 22.6 Å². The van der Waals surface area contributed by atoms with Crippen molar-refractivity contribution in [3.05, 3.63) is 81.2 Å². The highest BCUT2D eigenvalue weighted by molar-refractivity contribution is 14.1. The molecule has 3 aromatic rings. The van der Waals surface area contributed by atoms with Crippen molar-refractivity contribution in [1.29, 1.82) is 0 Å². The zero-order chi connectivity index (χ0) is 24.7. The molecule has 2 aromatic carbocycles. The molecule has 0 fully saturated rings. The molecule has 0 spiro atoms. The molecule has 0 aliphatic heterocycles. The van der Waals surface area contributed by atoms with Crippen molar-refractivity contribution in [3.8, 4) is 0 Å². The van der Waals surface area contributed by atoms with Gasteiger partial charge in [0.1, 0.15) is 6.04 Å². The maximum absolute atomic E-state index is 12.5. The third-order valence-corrected chi connectivity index (χ3v) is 7.01. The van der Waals surface area contributed by atoms with Gasteiger partial charge in [-0.2, -0.15) is 4.72 Å². The lowest BCUT2D eigenvalue weighted by Crippen LogP contribution is -2.48. The van der Waals surface area contributed by atoms with Crippen molar-refractivity contribution in [2.75, 3.05) is 12.3 Å². The number of nitrogens with zero attached hydrogens (tertiary/aromatic N) is 2. The number of carbonyl (C=O) groups is 2. The second-order valence-electron chi connectivity index (χ2n) is 7.28. The molecule has 0 aliphatic rings. The molecule has 0 radical (unpaired) electrons. The summed E-state index contributed by atoms with van der Waals surface area (Å²) in [5, 5.41) is 11.9. The summed E-state index contributed by atoms with van der Waals surface area (Å²) in [5.41, 5.74) is 7.68. The van der Waals surface area contributed by atoms with Gasteiger partial charge in [0.05, 0.1) is 4.90 Å². The summed E-state index contributed by atoms with van der Waals surface area (Å²) in [7, 11) is -4.07. The lowest BCUT2D eigenvalue weighted by Gasteiger charge is -2.16. The summed E-state index contributed by atoms with van der Waals surface area (Å²) in [6.45, 7) is -0.422. The van der Waals surface area contributed by atoms with Crippen molar-refractivity contribution in [2.45, 2.75) is 23.8 Å². The minimum Gasteiger partial charge on any atom is -0.480 e. The molecule has 0 aliphatic carbocycles. The number of aryl methyl sites for hydroxylation is 2. The summed E-state index contributed by atoms with van der Waals surface area (Å²) < 4.78 is 27.9. The van der Waals surface area contributed by atoms with Crippen LogP contribution in [0.2, 0.25) is 0 Å². The summed E-state index contributed by atoms with van der Waals surface area (Å²) in [4.78, 5) is 32.0. The van der Waals surface area contributed by atoms with E-state index in [2.05, 4.69) is 20.0 Å². The number of aromatic nitrogens is 2. The van der Waals surface area contributed by atoms with Crippen LogP contribution in [-0.4, -0.2) is 48.0 Å². The molecule has 10 nitrogen and oxygen atoms in total. The number of amides is 1. The van der Waals surface area contributed by atoms with E-state index in [0.29, 0.717) is 18.4 Å². The summed E-state index contributed by atoms with van der Waals surface area (Å²) in [6.07, 6.45) is 2.93. The summed E-state index contributed by atoms with van der Waals surface area (Å²) in [6, 6.07) is 13.0. The minimum atomic E-state index is -4.07. The smallest absolute Gasteiger partial charge is 0.323 e. The first-order chi connectivity index (χ1) is 16.1. The number of carboxylic acids is 1. The van der Waals surface area contributed by atoms with Crippen molar-refractivity contribution in [3.63, 3.8) is 0 Å². The number of hydrogen-bond acceptors (Lipinski definition) is 7. The van der Waals surface area contributed by atoms with Gasteiger partial charge < -0.3 is 16.2 Å². The largest absolute Gasteiger partial charge is 0.480 e. The number of sulfonamides is 1. The number of aliphatic carboxylic acids is 1. The van der Waals surface area contributed by atoms with E-state index < -0.39 is 34.5 Å². The molecule has 0 bridgehead atoms. The predicted molar refractivity (Wildman–Crippen MR) is 134 cm³/mol. The van der Waals surface area contributed by atoms with Gasteiger partial charge in [0.2, 0.25) is 16.0 Å². The molecule has 1 amide bonds. The molecule has 0 saturated heterocycles. The molecule has 1 heterocycles. The predicted octanol–water partition coefficient (Wildman–Crippen LogP) is 1.61. The van der Waals surface area contributed by atoms with Crippen molar-refractivity contribution < 1.29 is 23.1 Å². The van der Waals surface area contributed by atoms with Gasteiger partial charge in [0.15, 0.2) is 0 Å². The van der Waals surface area contributed by atoms with Gasteiger partial charge in [-0.15, -0.1) is 0 Å². The SMILES string of the molecule is Nc1nccc(CCc2ccc(C(=O)NC[C@H](NS(=O)(=O)c3ccc(I)cc3)C(=O)O)cc2)n1. The average Bonchev–Trinajstić information content (AvgIpc) is 2.80. The second kappa shape index (κ2) is 11.4. The Morgan fingerprint density at radius 2 is 1.71 bits per heavy atom. The first-order valence-corrected chi connectivity index (χ1v) is 12.7. The Hall–Kier alpha value is -3.10. The Kier molecular flexibility index (Phi) is 8.52. The fourth-order valence-corrected chi connectivity index (χ4v) is 4.54. The number of halogens is 1. The van der Waals surface area contributed by atoms with Gasteiger partial charge in [0.25, 0.3) is 5.91 Å². The standard InChI is InChI=1S/C22H22IN5O5S/c23-16-6-9-18(10-7-16)34(32,33)28-19(21(30)31)13-26-20(29)15-4-1-14(2-5-15)3-8-17-11-12-25-22(24)27-17/h1-2,4-7,9-12,19,28H,3,8,13H2,(H,26,29)(H,30,31)(H2,24,25,27)/t19-/m0/s1. The molecule has 1 aromatic heterocycles. The fourth-order valence-electron chi connectivity index (χ4n) is 2.99. The Bertz CT molecular complexity index is 1270. The zero-order valence-corrected chi connectivity index (χ0v) is 20.8. The number of benzene rings is 2. The lowest BCUT2D eigenvalue weighted by molar-refractivity contribution is -0.138. The Balaban J connectivity index is 1.57. The van der Waals surface area contributed by atoms with E-state index >= 15 is 0 Å².